The Hall–Kier alpha value is -0.450. The largest absolute Gasteiger partial charge is 1.00 e. The maximum Gasteiger partial charge on any atom is 1.00 e. The molecule has 0 saturated heterocycles. The monoisotopic (exact) mass is 562 g/mol. The molecule has 0 aliphatic carbocycles. The molecule has 0 aliphatic heterocycles. The summed E-state index contributed by atoms with van der Waals surface area (Å²) in [5.74, 6) is 0. The zero-order chi connectivity index (χ0) is 23.6. The van der Waals surface area contributed by atoms with Crippen molar-refractivity contribution >= 4 is 51.5 Å². The van der Waals surface area contributed by atoms with E-state index < -0.39 is 71.3 Å². The fourth-order valence-electron chi connectivity index (χ4n) is 2.80. The molecule has 0 saturated carbocycles. The third-order valence-electron chi connectivity index (χ3n) is 3.83. The molecule has 0 amide bonds. The van der Waals surface area contributed by atoms with Gasteiger partial charge in [-0.15, -0.1) is 0 Å². The van der Waals surface area contributed by atoms with Crippen LogP contribution >= 0.6 is 0 Å². The topological polar surface area (TPSA) is 235 Å². The molecule has 2 aromatic carbocycles. The first kappa shape index (κ1) is 30.6. The molecule has 0 unspecified atom stereocenters. The average molecular weight is 562 g/mol. The van der Waals surface area contributed by atoms with Gasteiger partial charge in [-0.2, -0.15) is 33.7 Å². The molecule has 4 N–H and O–H groups in total. The van der Waals surface area contributed by atoms with Gasteiger partial charge in [-0.1, -0.05) is 18.2 Å². The molecular formula is C13H12N2Na2O12S4. The van der Waals surface area contributed by atoms with Crippen LogP contribution in [0.3, 0.4) is 0 Å². The van der Waals surface area contributed by atoms with E-state index in [1.165, 1.54) is 30.3 Å². The van der Waals surface area contributed by atoms with Crippen molar-refractivity contribution in [2.24, 2.45) is 0 Å². The van der Waals surface area contributed by atoms with Gasteiger partial charge in [0, 0.05) is 5.69 Å². The Bertz CT molecular complexity index is 1680. The molecule has 0 spiro atoms. The van der Waals surface area contributed by atoms with Gasteiger partial charge in [0.05, 0.1) is 5.52 Å². The molecule has 0 aliphatic rings. The number of para-hydroxylation sites is 1. The zero-order valence-electron chi connectivity index (χ0n) is 18.5. The minimum Gasteiger partial charge on any atom is -1.00 e. The van der Waals surface area contributed by atoms with E-state index in [0.717, 1.165) is 0 Å². The maximum atomic E-state index is 11.9. The third kappa shape index (κ3) is 6.04. The summed E-state index contributed by atoms with van der Waals surface area (Å²) < 4.78 is 133. The van der Waals surface area contributed by atoms with Gasteiger partial charge in [-0.3, -0.25) is 22.8 Å². The van der Waals surface area contributed by atoms with Crippen molar-refractivity contribution in [3.05, 3.63) is 36.4 Å². The predicted molar refractivity (Wildman–Crippen MR) is 103 cm³/mol. The number of nitrogens with zero attached hydrogens (tertiary/aromatic N) is 2. The van der Waals surface area contributed by atoms with Crippen LogP contribution in [0, 0.1) is 0 Å². The van der Waals surface area contributed by atoms with E-state index in [2.05, 4.69) is 4.98 Å². The summed E-state index contributed by atoms with van der Waals surface area (Å²) in [7, 11) is -22.3. The summed E-state index contributed by atoms with van der Waals surface area (Å²) in [5, 5.41) is -1.28. The second-order valence-corrected chi connectivity index (χ2v) is 11.3. The van der Waals surface area contributed by atoms with Crippen molar-refractivity contribution in [3.8, 4) is 5.69 Å². The van der Waals surface area contributed by atoms with Gasteiger partial charge < -0.3 is 2.85 Å². The van der Waals surface area contributed by atoms with Crippen LogP contribution in [-0.2, 0) is 40.5 Å². The smallest absolute Gasteiger partial charge is 1.00 e. The SMILES string of the molecule is O=S(=O)(O)c1cc2c(nc(S(=O)(=O)O)n2-c2ccccc2)c(S(=O)(=O)O)c1S(=O)(=O)O.[H-].[H-].[Na+].[Na+]. The van der Waals surface area contributed by atoms with Crippen LogP contribution in [-0.4, -0.2) is 61.4 Å². The quantitative estimate of drug-likeness (QED) is 0.168. The maximum absolute atomic E-state index is 11.9. The average Bonchev–Trinajstić information content (AvgIpc) is 2.98. The van der Waals surface area contributed by atoms with E-state index in [-0.39, 0.29) is 67.7 Å². The predicted octanol–water partition coefficient (Wildman–Crippen LogP) is -5.75. The van der Waals surface area contributed by atoms with E-state index in [1.54, 1.807) is 0 Å². The van der Waals surface area contributed by atoms with Crippen LogP contribution in [0.25, 0.3) is 16.7 Å². The van der Waals surface area contributed by atoms with Crippen LogP contribution in [0.1, 0.15) is 2.85 Å². The van der Waals surface area contributed by atoms with Gasteiger partial charge in [-0.05, 0) is 18.2 Å². The number of imidazole rings is 1. The fraction of sp³-hybridized carbons (Fsp3) is 0. The molecule has 0 radical (unpaired) electrons. The third-order valence-corrected chi connectivity index (χ3v) is 7.56. The van der Waals surface area contributed by atoms with E-state index in [1.807, 2.05) is 0 Å². The van der Waals surface area contributed by atoms with Gasteiger partial charge in [0.15, 0.2) is 0 Å². The molecular weight excluding hydrogens is 550 g/mol. The Morgan fingerprint density at radius 1 is 0.697 bits per heavy atom. The normalized spacial score (nSPS) is 12.7. The van der Waals surface area contributed by atoms with Crippen molar-refractivity contribution in [2.75, 3.05) is 0 Å². The molecule has 172 valence electrons. The number of aromatic nitrogens is 2. The van der Waals surface area contributed by atoms with Gasteiger partial charge in [0.1, 0.15) is 20.2 Å². The minimum absolute atomic E-state index is 0. The van der Waals surface area contributed by atoms with Crippen LogP contribution in [0.4, 0.5) is 0 Å². The Morgan fingerprint density at radius 2 is 1.18 bits per heavy atom. The molecule has 3 aromatic rings. The number of benzene rings is 2. The Kier molecular flexibility index (Phi) is 9.17. The van der Waals surface area contributed by atoms with E-state index in [4.69, 9.17) is 0 Å². The minimum atomic E-state index is -5.77. The molecule has 14 nitrogen and oxygen atoms in total. The first-order chi connectivity index (χ1) is 13.9. The fourth-order valence-corrected chi connectivity index (χ4v) is 6.75. The summed E-state index contributed by atoms with van der Waals surface area (Å²) in [5.41, 5.74) is -2.04. The molecule has 3 rings (SSSR count). The molecule has 1 heterocycles. The van der Waals surface area contributed by atoms with Gasteiger partial charge in [0.25, 0.3) is 35.5 Å². The molecule has 0 bridgehead atoms. The van der Waals surface area contributed by atoms with E-state index in [0.29, 0.717) is 10.6 Å². The number of hydrogen-bond donors (Lipinski definition) is 4. The zero-order valence-corrected chi connectivity index (χ0v) is 23.8. The Morgan fingerprint density at radius 3 is 1.58 bits per heavy atom. The summed E-state index contributed by atoms with van der Waals surface area (Å²) >= 11 is 0. The summed E-state index contributed by atoms with van der Waals surface area (Å²) in [4.78, 5) is -2.14. The van der Waals surface area contributed by atoms with Crippen LogP contribution in [0.5, 0.6) is 0 Å². The second-order valence-electron chi connectivity index (χ2n) is 5.87. The van der Waals surface area contributed by atoms with Crippen LogP contribution in [0.15, 0.2) is 56.2 Å². The molecule has 0 atom stereocenters. The van der Waals surface area contributed by atoms with E-state index in [9.17, 15) is 51.9 Å². The number of rotatable bonds is 5. The Labute approximate surface area is 234 Å². The van der Waals surface area contributed by atoms with Crippen molar-refractivity contribution in [3.63, 3.8) is 0 Å². The molecule has 33 heavy (non-hydrogen) atoms. The first-order valence-electron chi connectivity index (χ1n) is 7.49. The van der Waals surface area contributed by atoms with Crippen molar-refractivity contribution in [1.29, 1.82) is 0 Å². The van der Waals surface area contributed by atoms with Gasteiger partial charge in [-0.25, -0.2) is 4.98 Å². The van der Waals surface area contributed by atoms with Crippen LogP contribution in [0.2, 0.25) is 0 Å². The summed E-state index contributed by atoms with van der Waals surface area (Å²) in [6.45, 7) is 0. The van der Waals surface area contributed by atoms with Crippen molar-refractivity contribution in [2.45, 2.75) is 19.8 Å². The van der Waals surface area contributed by atoms with Gasteiger partial charge in [0.2, 0.25) is 0 Å². The van der Waals surface area contributed by atoms with Gasteiger partial charge >= 0.3 is 69.2 Å². The second kappa shape index (κ2) is 9.90. The summed E-state index contributed by atoms with van der Waals surface area (Å²) in [6.07, 6.45) is 0. The number of hydrogen-bond acceptors (Lipinski definition) is 9. The summed E-state index contributed by atoms with van der Waals surface area (Å²) in [6, 6.07) is 6.99. The molecule has 0 fully saturated rings. The van der Waals surface area contributed by atoms with Crippen molar-refractivity contribution < 1.29 is 114 Å². The standard InChI is InChI=1S/C13H10N2O12S4.2Na.2H/c16-28(17,18)9-6-8-10(12(30(22,23)24)11(9)29(19,20)21)14-13(31(25,26)27)15(8)7-4-2-1-3-5-7;;;;/h1-6H,(H,16,17,18)(H,19,20,21)(H,22,23,24)(H,25,26,27);;;;/q;2*+1;2*-1. The Balaban J connectivity index is 0. The molecule has 1 aromatic heterocycles. The van der Waals surface area contributed by atoms with Crippen LogP contribution < -0.4 is 59.1 Å². The van der Waals surface area contributed by atoms with E-state index >= 15 is 0 Å². The molecule has 20 heteroatoms. The van der Waals surface area contributed by atoms with Crippen molar-refractivity contribution in [1.82, 2.24) is 9.55 Å². The first-order valence-corrected chi connectivity index (χ1v) is 13.2. The number of fused-ring (bicyclic) bond motifs is 1.